The van der Waals surface area contributed by atoms with E-state index in [9.17, 15) is 19.2 Å². The molecule has 0 rings (SSSR count). The lowest BCUT2D eigenvalue weighted by atomic mass is 10.0. The predicted octanol–water partition coefficient (Wildman–Crippen LogP) is 0.0990. The molecular formula is C18H34N4O4. The highest BCUT2D eigenvalue weighted by Gasteiger charge is 2.26. The van der Waals surface area contributed by atoms with Gasteiger partial charge in [-0.1, -0.05) is 27.7 Å². The maximum Gasteiger partial charge on any atom is 0.243 e. The molecular weight excluding hydrogens is 336 g/mol. The van der Waals surface area contributed by atoms with Crippen molar-refractivity contribution in [3.63, 3.8) is 0 Å². The topological polar surface area (TPSA) is 130 Å². The molecule has 0 aromatic carbocycles. The van der Waals surface area contributed by atoms with Crippen molar-refractivity contribution in [2.45, 2.75) is 78.6 Å². The maximum atomic E-state index is 12.5. The van der Waals surface area contributed by atoms with Crippen molar-refractivity contribution >= 4 is 24.0 Å². The van der Waals surface area contributed by atoms with E-state index in [4.69, 9.17) is 5.73 Å². The highest BCUT2D eigenvalue weighted by atomic mass is 16.2. The van der Waals surface area contributed by atoms with Crippen LogP contribution in [0.25, 0.3) is 0 Å². The van der Waals surface area contributed by atoms with Gasteiger partial charge in [-0.15, -0.1) is 0 Å². The molecule has 0 aromatic heterocycles. The second kappa shape index (κ2) is 11.6. The molecule has 3 amide bonds. The van der Waals surface area contributed by atoms with E-state index in [0.29, 0.717) is 19.1 Å². The Kier molecular flexibility index (Phi) is 10.7. The first-order valence-electron chi connectivity index (χ1n) is 9.09. The van der Waals surface area contributed by atoms with Crippen LogP contribution in [0.15, 0.2) is 0 Å². The molecule has 4 atom stereocenters. The number of carbonyl (C=O) groups excluding carboxylic acids is 4. The van der Waals surface area contributed by atoms with E-state index in [-0.39, 0.29) is 11.8 Å². The summed E-state index contributed by atoms with van der Waals surface area (Å²) in [5, 5.41) is 7.81. The second-order valence-electron chi connectivity index (χ2n) is 7.59. The average Bonchev–Trinajstić information content (AvgIpc) is 2.51. The zero-order valence-corrected chi connectivity index (χ0v) is 16.7. The summed E-state index contributed by atoms with van der Waals surface area (Å²) >= 11 is 0. The van der Waals surface area contributed by atoms with Crippen LogP contribution in [0.3, 0.4) is 0 Å². The Bertz CT molecular complexity index is 492. The third-order valence-corrected chi connectivity index (χ3v) is 3.72. The second-order valence-corrected chi connectivity index (χ2v) is 7.59. The van der Waals surface area contributed by atoms with Gasteiger partial charge >= 0.3 is 0 Å². The van der Waals surface area contributed by atoms with Crippen molar-refractivity contribution in [3.8, 4) is 0 Å². The van der Waals surface area contributed by atoms with Gasteiger partial charge in [0.25, 0.3) is 0 Å². The quantitative estimate of drug-likeness (QED) is 0.383. The van der Waals surface area contributed by atoms with Gasteiger partial charge in [-0.05, 0) is 38.5 Å². The molecule has 0 spiro atoms. The first-order valence-corrected chi connectivity index (χ1v) is 9.09. The molecule has 0 aromatic rings. The molecule has 0 saturated carbocycles. The molecule has 26 heavy (non-hydrogen) atoms. The highest BCUT2D eigenvalue weighted by Crippen LogP contribution is 2.06. The number of rotatable bonds is 11. The van der Waals surface area contributed by atoms with Crippen LogP contribution in [0.1, 0.15) is 54.4 Å². The predicted molar refractivity (Wildman–Crippen MR) is 100 cm³/mol. The van der Waals surface area contributed by atoms with Crippen molar-refractivity contribution in [1.29, 1.82) is 0 Å². The van der Waals surface area contributed by atoms with Crippen molar-refractivity contribution in [1.82, 2.24) is 16.0 Å². The van der Waals surface area contributed by atoms with E-state index in [2.05, 4.69) is 16.0 Å². The monoisotopic (exact) mass is 370 g/mol. The maximum absolute atomic E-state index is 12.5. The Hall–Kier alpha value is -1.96. The van der Waals surface area contributed by atoms with Gasteiger partial charge in [0, 0.05) is 0 Å². The van der Waals surface area contributed by atoms with Gasteiger partial charge in [0.1, 0.15) is 18.4 Å². The minimum absolute atomic E-state index is 0.161. The van der Waals surface area contributed by atoms with Crippen molar-refractivity contribution < 1.29 is 19.2 Å². The zero-order chi connectivity index (χ0) is 20.4. The van der Waals surface area contributed by atoms with Gasteiger partial charge in [0.2, 0.25) is 17.7 Å². The lowest BCUT2D eigenvalue weighted by molar-refractivity contribution is -0.132. The third kappa shape index (κ3) is 9.50. The number of aldehydes is 1. The zero-order valence-electron chi connectivity index (χ0n) is 16.7. The molecule has 0 bridgehead atoms. The Morgan fingerprint density at radius 1 is 0.808 bits per heavy atom. The van der Waals surface area contributed by atoms with Crippen LogP contribution in [0.5, 0.6) is 0 Å². The number of amides is 3. The van der Waals surface area contributed by atoms with Crippen LogP contribution < -0.4 is 21.7 Å². The lowest BCUT2D eigenvalue weighted by Crippen LogP contribution is -2.55. The van der Waals surface area contributed by atoms with E-state index >= 15 is 0 Å². The normalized spacial score (nSPS) is 15.7. The fourth-order valence-corrected chi connectivity index (χ4v) is 2.35. The van der Waals surface area contributed by atoms with Crippen molar-refractivity contribution in [2.75, 3.05) is 0 Å². The van der Waals surface area contributed by atoms with E-state index < -0.39 is 41.9 Å². The smallest absolute Gasteiger partial charge is 0.243 e. The molecule has 0 radical (unpaired) electrons. The van der Waals surface area contributed by atoms with E-state index in [1.165, 1.54) is 13.8 Å². The standard InChI is InChI=1S/C18H34N4O4/c1-10(2)7-14(9-23)21-17(25)13(6)20-18(26)15(8-11(3)4)22-16(24)12(5)19/h9-15H,7-8,19H2,1-6H3,(H,20,26)(H,21,25)(H,22,24)/t12-,13-,14-,15-/m0/s1. The summed E-state index contributed by atoms with van der Waals surface area (Å²) < 4.78 is 0. The molecule has 0 aliphatic carbocycles. The molecule has 150 valence electrons. The molecule has 8 nitrogen and oxygen atoms in total. The van der Waals surface area contributed by atoms with Gasteiger partial charge in [-0.2, -0.15) is 0 Å². The van der Waals surface area contributed by atoms with Gasteiger partial charge < -0.3 is 26.5 Å². The van der Waals surface area contributed by atoms with Crippen molar-refractivity contribution in [3.05, 3.63) is 0 Å². The number of nitrogens with two attached hydrogens (primary N) is 1. The molecule has 0 fully saturated rings. The Morgan fingerprint density at radius 3 is 1.77 bits per heavy atom. The van der Waals surface area contributed by atoms with Gasteiger partial charge in [-0.25, -0.2) is 0 Å². The van der Waals surface area contributed by atoms with Crippen LogP contribution in [0.2, 0.25) is 0 Å². The summed E-state index contributed by atoms with van der Waals surface area (Å²) in [6.07, 6.45) is 1.64. The Balaban J connectivity index is 4.85. The fourth-order valence-electron chi connectivity index (χ4n) is 2.35. The first-order chi connectivity index (χ1) is 12.0. The van der Waals surface area contributed by atoms with E-state index in [1.807, 2.05) is 27.7 Å². The van der Waals surface area contributed by atoms with Crippen molar-refractivity contribution in [2.24, 2.45) is 17.6 Å². The summed E-state index contributed by atoms with van der Waals surface area (Å²) in [5.74, 6) is -0.923. The highest BCUT2D eigenvalue weighted by molar-refractivity contribution is 5.93. The Morgan fingerprint density at radius 2 is 1.35 bits per heavy atom. The molecule has 0 aliphatic heterocycles. The van der Waals surface area contributed by atoms with Gasteiger partial charge in [0.05, 0.1) is 12.1 Å². The largest absolute Gasteiger partial charge is 0.345 e. The third-order valence-electron chi connectivity index (χ3n) is 3.72. The molecule has 0 saturated heterocycles. The van der Waals surface area contributed by atoms with Crippen LogP contribution >= 0.6 is 0 Å². The molecule has 5 N–H and O–H groups in total. The number of nitrogens with one attached hydrogen (secondary N) is 3. The molecule has 8 heteroatoms. The van der Waals surface area contributed by atoms with Crippen LogP contribution in [0.4, 0.5) is 0 Å². The average molecular weight is 370 g/mol. The molecule has 0 aliphatic rings. The molecule has 0 unspecified atom stereocenters. The minimum Gasteiger partial charge on any atom is -0.345 e. The lowest BCUT2D eigenvalue weighted by Gasteiger charge is -2.24. The summed E-state index contributed by atoms with van der Waals surface area (Å²) in [6.45, 7) is 10.8. The van der Waals surface area contributed by atoms with Gasteiger partial charge in [0.15, 0.2) is 0 Å². The number of carbonyl (C=O) groups is 4. The van der Waals surface area contributed by atoms with Crippen LogP contribution in [-0.4, -0.2) is 48.2 Å². The summed E-state index contributed by atoms with van der Waals surface area (Å²) in [5.41, 5.74) is 5.53. The van der Waals surface area contributed by atoms with E-state index in [0.717, 1.165) is 0 Å². The van der Waals surface area contributed by atoms with Crippen LogP contribution in [0, 0.1) is 11.8 Å². The number of hydrogen-bond donors (Lipinski definition) is 4. The summed E-state index contributed by atoms with van der Waals surface area (Å²) in [4.78, 5) is 47.6. The number of hydrogen-bond acceptors (Lipinski definition) is 5. The fraction of sp³-hybridized carbons (Fsp3) is 0.778. The minimum atomic E-state index is -0.834. The Labute approximate surface area is 156 Å². The van der Waals surface area contributed by atoms with Crippen LogP contribution in [-0.2, 0) is 19.2 Å². The SMILES string of the molecule is CC(C)C[C@@H](C=O)NC(=O)[C@H](C)NC(=O)[C@H](CC(C)C)NC(=O)[C@H](C)N. The van der Waals surface area contributed by atoms with Gasteiger partial charge in [-0.3, -0.25) is 14.4 Å². The molecule has 0 heterocycles. The summed E-state index contributed by atoms with van der Waals surface area (Å²) in [6, 6.07) is -2.94. The summed E-state index contributed by atoms with van der Waals surface area (Å²) in [7, 11) is 0. The first kappa shape index (κ1) is 24.0. The van der Waals surface area contributed by atoms with E-state index in [1.54, 1.807) is 0 Å².